The van der Waals surface area contributed by atoms with E-state index in [1.807, 2.05) is 35.7 Å². The van der Waals surface area contributed by atoms with Crippen molar-refractivity contribution in [1.29, 1.82) is 0 Å². The normalized spacial score (nSPS) is 11.6. The van der Waals surface area contributed by atoms with Gasteiger partial charge >= 0.3 is 12.0 Å². The van der Waals surface area contributed by atoms with E-state index in [2.05, 4.69) is 10.6 Å². The molecule has 122 valence electrons. The smallest absolute Gasteiger partial charge is 0.341 e. The molecular formula is C16H17ClN2O3S. The molecule has 5 nitrogen and oxygen atoms in total. The molecule has 0 spiro atoms. The molecule has 0 bridgehead atoms. The van der Waals surface area contributed by atoms with E-state index in [0.29, 0.717) is 10.6 Å². The molecule has 2 N–H and O–H groups in total. The lowest BCUT2D eigenvalue weighted by atomic mass is 10.0. The lowest BCUT2D eigenvalue weighted by Gasteiger charge is -2.10. The first-order valence-electron chi connectivity index (χ1n) is 7.08. The predicted molar refractivity (Wildman–Crippen MR) is 93.2 cm³/mol. The number of nitrogens with one attached hydrogen (secondary N) is 2. The van der Waals surface area contributed by atoms with Crippen LogP contribution in [0.15, 0.2) is 35.7 Å². The van der Waals surface area contributed by atoms with E-state index >= 15 is 0 Å². The summed E-state index contributed by atoms with van der Waals surface area (Å²) in [5.74, 6) is -0.471. The number of hydrogen-bond donors (Lipinski definition) is 2. The molecule has 0 saturated carbocycles. The van der Waals surface area contributed by atoms with E-state index in [0.717, 1.165) is 11.1 Å². The van der Waals surface area contributed by atoms with Crippen molar-refractivity contribution >= 4 is 39.9 Å². The van der Waals surface area contributed by atoms with Gasteiger partial charge in [0.1, 0.15) is 16.1 Å². The van der Waals surface area contributed by atoms with Crippen molar-refractivity contribution in [3.63, 3.8) is 0 Å². The fraction of sp³-hybridized carbons (Fsp3) is 0.250. The Morgan fingerprint density at radius 1 is 1.30 bits per heavy atom. The van der Waals surface area contributed by atoms with Gasteiger partial charge < -0.3 is 10.1 Å². The van der Waals surface area contributed by atoms with Gasteiger partial charge in [-0.15, -0.1) is 11.3 Å². The summed E-state index contributed by atoms with van der Waals surface area (Å²) in [5.41, 5.74) is 1.43. The van der Waals surface area contributed by atoms with E-state index < -0.39 is 17.5 Å². The van der Waals surface area contributed by atoms with Crippen LogP contribution in [0.2, 0.25) is 0 Å². The zero-order chi connectivity index (χ0) is 16.8. The SMILES string of the molecule is CCOC(=O)c1c(-c2ccccc2)csc1NC(=O)NC(C)Cl. The number of halogens is 1. The van der Waals surface area contributed by atoms with Gasteiger partial charge in [0.05, 0.1) is 6.61 Å². The van der Waals surface area contributed by atoms with Gasteiger partial charge in [0.15, 0.2) is 0 Å². The number of carbonyl (C=O) groups is 2. The van der Waals surface area contributed by atoms with Crippen LogP contribution in [0.1, 0.15) is 24.2 Å². The summed E-state index contributed by atoms with van der Waals surface area (Å²) in [5, 5.41) is 7.41. The number of carbonyl (C=O) groups excluding carboxylic acids is 2. The summed E-state index contributed by atoms with van der Waals surface area (Å²) in [6, 6.07) is 8.99. The van der Waals surface area contributed by atoms with Gasteiger partial charge in [0.25, 0.3) is 0 Å². The Morgan fingerprint density at radius 3 is 2.61 bits per heavy atom. The molecule has 0 aliphatic heterocycles. The highest BCUT2D eigenvalue weighted by Crippen LogP contribution is 2.36. The van der Waals surface area contributed by atoms with Gasteiger partial charge in [-0.1, -0.05) is 41.9 Å². The van der Waals surface area contributed by atoms with Gasteiger partial charge in [0, 0.05) is 10.9 Å². The van der Waals surface area contributed by atoms with Gasteiger partial charge in [-0.3, -0.25) is 5.32 Å². The Balaban J connectivity index is 2.37. The lowest BCUT2D eigenvalue weighted by Crippen LogP contribution is -2.33. The van der Waals surface area contributed by atoms with Crippen LogP contribution in [-0.4, -0.2) is 24.1 Å². The predicted octanol–water partition coefficient (Wildman–Crippen LogP) is 4.30. The molecule has 0 fully saturated rings. The van der Waals surface area contributed by atoms with E-state index in [-0.39, 0.29) is 6.61 Å². The number of esters is 1. The van der Waals surface area contributed by atoms with Crippen molar-refractivity contribution in [2.75, 3.05) is 11.9 Å². The molecule has 1 aromatic heterocycles. The lowest BCUT2D eigenvalue weighted by molar-refractivity contribution is 0.0529. The Kier molecular flexibility index (Phi) is 6.01. The second kappa shape index (κ2) is 7.99. The third-order valence-electron chi connectivity index (χ3n) is 2.91. The summed E-state index contributed by atoms with van der Waals surface area (Å²) in [4.78, 5) is 24.2. The quantitative estimate of drug-likeness (QED) is 0.479. The Labute approximate surface area is 143 Å². The molecule has 1 aromatic carbocycles. The van der Waals surface area contributed by atoms with Crippen molar-refractivity contribution in [3.8, 4) is 11.1 Å². The molecule has 1 unspecified atom stereocenters. The summed E-state index contributed by atoms with van der Waals surface area (Å²) in [7, 11) is 0. The monoisotopic (exact) mass is 352 g/mol. The van der Waals surface area contributed by atoms with Crippen LogP contribution in [0.4, 0.5) is 9.80 Å². The van der Waals surface area contributed by atoms with Crippen molar-refractivity contribution in [2.45, 2.75) is 19.3 Å². The topological polar surface area (TPSA) is 67.4 Å². The minimum atomic E-state index is -0.519. The third kappa shape index (κ3) is 4.46. The second-order valence-electron chi connectivity index (χ2n) is 4.65. The summed E-state index contributed by atoms with van der Waals surface area (Å²) < 4.78 is 5.12. The van der Waals surface area contributed by atoms with Crippen LogP contribution < -0.4 is 10.6 Å². The average molecular weight is 353 g/mol. The van der Waals surface area contributed by atoms with Crippen molar-refractivity contribution < 1.29 is 14.3 Å². The number of alkyl halides is 1. The van der Waals surface area contributed by atoms with E-state index in [9.17, 15) is 9.59 Å². The first-order valence-corrected chi connectivity index (χ1v) is 8.40. The molecule has 2 rings (SSSR count). The van der Waals surface area contributed by atoms with Crippen molar-refractivity contribution in [3.05, 3.63) is 41.3 Å². The summed E-state index contributed by atoms with van der Waals surface area (Å²) in [6.45, 7) is 3.63. The Morgan fingerprint density at radius 2 is 2.00 bits per heavy atom. The zero-order valence-corrected chi connectivity index (χ0v) is 14.3. The van der Waals surface area contributed by atoms with Crippen LogP contribution >= 0.6 is 22.9 Å². The maximum absolute atomic E-state index is 12.3. The van der Waals surface area contributed by atoms with Crippen molar-refractivity contribution in [2.24, 2.45) is 0 Å². The van der Waals surface area contributed by atoms with Crippen LogP contribution in [0.25, 0.3) is 11.1 Å². The molecule has 2 aromatic rings. The number of thiophene rings is 1. The molecule has 2 amide bonds. The van der Waals surface area contributed by atoms with E-state index in [1.165, 1.54) is 11.3 Å². The maximum Gasteiger partial charge on any atom is 0.341 e. The molecule has 0 aliphatic rings. The van der Waals surface area contributed by atoms with Crippen molar-refractivity contribution in [1.82, 2.24) is 5.32 Å². The fourth-order valence-electron chi connectivity index (χ4n) is 2.01. The van der Waals surface area contributed by atoms with E-state index in [4.69, 9.17) is 16.3 Å². The molecule has 0 aliphatic carbocycles. The fourth-order valence-corrected chi connectivity index (χ4v) is 3.06. The van der Waals surface area contributed by atoms with Gasteiger partial charge in [-0.25, -0.2) is 9.59 Å². The second-order valence-corrected chi connectivity index (χ2v) is 6.19. The van der Waals surface area contributed by atoms with Gasteiger partial charge in [-0.05, 0) is 19.4 Å². The van der Waals surface area contributed by atoms with Crippen LogP contribution in [0.3, 0.4) is 0 Å². The van der Waals surface area contributed by atoms with E-state index in [1.54, 1.807) is 13.8 Å². The van der Waals surface area contributed by atoms with Gasteiger partial charge in [-0.2, -0.15) is 0 Å². The standard InChI is InChI=1S/C16H17ClN2O3S/c1-3-22-15(20)13-12(11-7-5-4-6-8-11)9-23-14(13)19-16(21)18-10(2)17/h4-10H,3H2,1-2H3,(H2,18,19,21). The molecule has 0 saturated heterocycles. The Bertz CT molecular complexity index is 686. The molecule has 1 atom stereocenters. The molecule has 23 heavy (non-hydrogen) atoms. The third-order valence-corrected chi connectivity index (χ3v) is 3.92. The maximum atomic E-state index is 12.3. The number of ether oxygens (including phenoxy) is 1. The highest BCUT2D eigenvalue weighted by molar-refractivity contribution is 7.15. The highest BCUT2D eigenvalue weighted by atomic mass is 35.5. The highest BCUT2D eigenvalue weighted by Gasteiger charge is 2.22. The molecule has 7 heteroatoms. The van der Waals surface area contributed by atoms with Crippen LogP contribution in [0, 0.1) is 0 Å². The number of benzene rings is 1. The molecule has 1 heterocycles. The van der Waals surface area contributed by atoms with Crippen LogP contribution in [-0.2, 0) is 4.74 Å². The summed E-state index contributed by atoms with van der Waals surface area (Å²) >= 11 is 7.00. The number of rotatable bonds is 5. The van der Waals surface area contributed by atoms with Gasteiger partial charge in [0.2, 0.25) is 0 Å². The molecular weight excluding hydrogens is 336 g/mol. The Hall–Kier alpha value is -2.05. The molecule has 0 radical (unpaired) electrons. The summed E-state index contributed by atoms with van der Waals surface area (Å²) in [6.07, 6.45) is 0. The minimum Gasteiger partial charge on any atom is -0.462 e. The first-order chi connectivity index (χ1) is 11.0. The first kappa shape index (κ1) is 17.3. The number of amides is 2. The average Bonchev–Trinajstić information content (AvgIpc) is 2.91. The number of anilines is 1. The largest absolute Gasteiger partial charge is 0.462 e. The van der Waals surface area contributed by atoms with Crippen LogP contribution in [0.5, 0.6) is 0 Å². The number of urea groups is 1. The number of hydrogen-bond acceptors (Lipinski definition) is 4. The zero-order valence-electron chi connectivity index (χ0n) is 12.8. The minimum absolute atomic E-state index is 0.257.